The summed E-state index contributed by atoms with van der Waals surface area (Å²) in [5, 5.41) is 9.05. The Balaban J connectivity index is 2.45. The van der Waals surface area contributed by atoms with Gasteiger partial charge in [0.2, 0.25) is 0 Å². The average molecular weight is 246 g/mol. The number of aryl methyl sites for hydroxylation is 1. The minimum absolute atomic E-state index is 0.177. The van der Waals surface area contributed by atoms with Crippen molar-refractivity contribution in [1.29, 1.82) is 0 Å². The van der Waals surface area contributed by atoms with E-state index in [0.29, 0.717) is 0 Å². The fraction of sp³-hybridized carbons (Fsp3) is 0.562. The van der Waals surface area contributed by atoms with E-state index in [0.717, 1.165) is 19.3 Å². The summed E-state index contributed by atoms with van der Waals surface area (Å²) >= 11 is 0. The van der Waals surface area contributed by atoms with Crippen LogP contribution in [-0.2, 0) is 16.6 Å². The number of carboxylic acids is 1. The van der Waals surface area contributed by atoms with Gasteiger partial charge < -0.3 is 5.11 Å². The van der Waals surface area contributed by atoms with E-state index in [4.69, 9.17) is 5.11 Å². The summed E-state index contributed by atoms with van der Waals surface area (Å²) in [7, 11) is 0. The van der Waals surface area contributed by atoms with Crippen LogP contribution in [0.5, 0.6) is 0 Å². The lowest BCUT2D eigenvalue weighted by molar-refractivity contribution is -0.137. The van der Waals surface area contributed by atoms with E-state index in [2.05, 4.69) is 39.0 Å². The van der Waals surface area contributed by atoms with Crippen molar-refractivity contribution in [2.45, 2.75) is 57.8 Å². The first-order chi connectivity index (χ1) is 8.44. The molecule has 0 bridgehead atoms. The van der Waals surface area contributed by atoms with Crippen molar-refractivity contribution in [2.75, 3.05) is 0 Å². The molecule has 2 nitrogen and oxygen atoms in total. The van der Waals surface area contributed by atoms with E-state index >= 15 is 0 Å². The number of aliphatic carboxylic acids is 1. The molecule has 0 fully saturated rings. The first-order valence-electron chi connectivity index (χ1n) is 6.79. The third-order valence-corrected chi connectivity index (χ3v) is 4.23. The number of benzene rings is 1. The fourth-order valence-corrected chi connectivity index (χ4v) is 3.03. The van der Waals surface area contributed by atoms with E-state index in [9.17, 15) is 4.79 Å². The van der Waals surface area contributed by atoms with Gasteiger partial charge in [-0.05, 0) is 47.3 Å². The molecule has 2 heteroatoms. The van der Waals surface area contributed by atoms with Gasteiger partial charge in [-0.15, -0.1) is 0 Å². The minimum atomic E-state index is -0.687. The maximum absolute atomic E-state index is 11.0. The molecule has 1 aromatic carbocycles. The molecule has 0 saturated heterocycles. The van der Waals surface area contributed by atoms with Gasteiger partial charge in [-0.2, -0.15) is 0 Å². The number of rotatable bonds is 3. The van der Waals surface area contributed by atoms with E-state index in [1.54, 1.807) is 0 Å². The second kappa shape index (κ2) is 4.75. The molecule has 0 spiro atoms. The lowest BCUT2D eigenvalue weighted by Gasteiger charge is -2.37. The zero-order valence-corrected chi connectivity index (χ0v) is 11.5. The third kappa shape index (κ3) is 2.43. The Bertz CT molecular complexity index is 460. The molecule has 1 atom stereocenters. The summed E-state index contributed by atoms with van der Waals surface area (Å²) in [6.07, 6.45) is 3.33. The fourth-order valence-electron chi connectivity index (χ4n) is 3.03. The molecule has 1 aromatic rings. The van der Waals surface area contributed by atoms with Crippen LogP contribution in [0.2, 0.25) is 0 Å². The molecule has 0 heterocycles. The van der Waals surface area contributed by atoms with Crippen molar-refractivity contribution in [3.8, 4) is 0 Å². The molecule has 0 saturated carbocycles. The van der Waals surface area contributed by atoms with Crippen LogP contribution in [0, 0.1) is 0 Å². The van der Waals surface area contributed by atoms with Gasteiger partial charge in [-0.3, -0.25) is 4.79 Å². The normalized spacial score (nSPS) is 21.4. The highest BCUT2D eigenvalue weighted by Gasteiger charge is 2.33. The van der Waals surface area contributed by atoms with Crippen molar-refractivity contribution < 1.29 is 9.90 Å². The van der Waals surface area contributed by atoms with E-state index in [1.165, 1.54) is 16.7 Å². The molecule has 1 aliphatic carbocycles. The first kappa shape index (κ1) is 13.1. The molecule has 2 rings (SSSR count). The largest absolute Gasteiger partial charge is 0.481 e. The third-order valence-electron chi connectivity index (χ3n) is 4.23. The van der Waals surface area contributed by atoms with Gasteiger partial charge in [0.15, 0.2) is 0 Å². The van der Waals surface area contributed by atoms with Crippen LogP contribution in [-0.4, -0.2) is 11.1 Å². The van der Waals surface area contributed by atoms with E-state index in [1.807, 2.05) is 0 Å². The van der Waals surface area contributed by atoms with Crippen LogP contribution >= 0.6 is 0 Å². The quantitative estimate of drug-likeness (QED) is 0.878. The average Bonchev–Trinajstić information content (AvgIpc) is 2.32. The molecule has 1 N–H and O–H groups in total. The first-order valence-corrected chi connectivity index (χ1v) is 6.79. The molecular formula is C16H22O2. The number of carboxylic acid groups (broad SMARTS) is 1. The summed E-state index contributed by atoms with van der Waals surface area (Å²) in [5.74, 6) is -0.496. The van der Waals surface area contributed by atoms with Gasteiger partial charge in [-0.1, -0.05) is 39.0 Å². The molecule has 0 aromatic heterocycles. The zero-order chi connectivity index (χ0) is 13.3. The molecule has 1 aliphatic rings. The van der Waals surface area contributed by atoms with Crippen LogP contribution in [0.15, 0.2) is 18.2 Å². The predicted octanol–water partition coefficient (Wildman–Crippen LogP) is 3.88. The van der Waals surface area contributed by atoms with Gasteiger partial charge in [0, 0.05) is 0 Å². The predicted molar refractivity (Wildman–Crippen MR) is 73.1 cm³/mol. The molecule has 18 heavy (non-hydrogen) atoms. The van der Waals surface area contributed by atoms with Gasteiger partial charge in [0.25, 0.3) is 0 Å². The number of carbonyl (C=O) groups is 1. The molecule has 98 valence electrons. The van der Waals surface area contributed by atoms with Gasteiger partial charge in [-0.25, -0.2) is 0 Å². The lowest BCUT2D eigenvalue weighted by atomic mass is 9.67. The standard InChI is InChI=1S/C16H22O2/c1-4-11-5-6-14-13(9-11)12(10-15(17)18)7-8-16(14,2)3/h5-6,9,12H,4,7-8,10H2,1-3H3,(H,17,18). The second-order valence-corrected chi connectivity index (χ2v) is 5.99. The summed E-state index contributed by atoms with van der Waals surface area (Å²) in [6, 6.07) is 6.62. The Morgan fingerprint density at radius 1 is 1.44 bits per heavy atom. The van der Waals surface area contributed by atoms with Crippen molar-refractivity contribution in [3.05, 3.63) is 34.9 Å². The monoisotopic (exact) mass is 246 g/mol. The van der Waals surface area contributed by atoms with Gasteiger partial charge in [0.05, 0.1) is 6.42 Å². The van der Waals surface area contributed by atoms with Crippen LogP contribution < -0.4 is 0 Å². The van der Waals surface area contributed by atoms with Crippen LogP contribution in [0.1, 0.15) is 62.6 Å². The Hall–Kier alpha value is -1.31. The van der Waals surface area contributed by atoms with Crippen molar-refractivity contribution in [2.24, 2.45) is 0 Å². The van der Waals surface area contributed by atoms with Gasteiger partial charge >= 0.3 is 5.97 Å². The molecule has 0 aliphatic heterocycles. The van der Waals surface area contributed by atoms with Crippen molar-refractivity contribution >= 4 is 5.97 Å². The number of hydrogen-bond acceptors (Lipinski definition) is 1. The highest BCUT2D eigenvalue weighted by atomic mass is 16.4. The smallest absolute Gasteiger partial charge is 0.303 e. The Morgan fingerprint density at radius 3 is 2.78 bits per heavy atom. The van der Waals surface area contributed by atoms with Gasteiger partial charge in [0.1, 0.15) is 0 Å². The Kier molecular flexibility index (Phi) is 3.47. The number of hydrogen-bond donors (Lipinski definition) is 1. The minimum Gasteiger partial charge on any atom is -0.481 e. The topological polar surface area (TPSA) is 37.3 Å². The van der Waals surface area contributed by atoms with Crippen LogP contribution in [0.4, 0.5) is 0 Å². The Morgan fingerprint density at radius 2 is 2.17 bits per heavy atom. The Labute approximate surface area is 109 Å². The van der Waals surface area contributed by atoms with Crippen molar-refractivity contribution in [1.82, 2.24) is 0 Å². The number of fused-ring (bicyclic) bond motifs is 1. The molecular weight excluding hydrogens is 224 g/mol. The van der Waals surface area contributed by atoms with Crippen molar-refractivity contribution in [3.63, 3.8) is 0 Å². The van der Waals surface area contributed by atoms with E-state index < -0.39 is 5.97 Å². The van der Waals surface area contributed by atoms with E-state index in [-0.39, 0.29) is 17.8 Å². The van der Waals surface area contributed by atoms with Crippen LogP contribution in [0.3, 0.4) is 0 Å². The SMILES string of the molecule is CCc1ccc2c(c1)C(CC(=O)O)CCC2(C)C. The summed E-state index contributed by atoms with van der Waals surface area (Å²) < 4.78 is 0. The van der Waals surface area contributed by atoms with Crippen LogP contribution in [0.25, 0.3) is 0 Å². The maximum atomic E-state index is 11.0. The molecule has 0 radical (unpaired) electrons. The summed E-state index contributed by atoms with van der Waals surface area (Å²) in [6.45, 7) is 6.66. The second-order valence-electron chi connectivity index (χ2n) is 5.99. The lowest BCUT2D eigenvalue weighted by Crippen LogP contribution is -2.27. The molecule has 0 amide bonds. The maximum Gasteiger partial charge on any atom is 0.303 e. The molecule has 1 unspecified atom stereocenters. The zero-order valence-electron chi connectivity index (χ0n) is 11.5. The summed E-state index contributed by atoms with van der Waals surface area (Å²) in [5.41, 5.74) is 4.10. The highest BCUT2D eigenvalue weighted by Crippen LogP contribution is 2.44. The highest BCUT2D eigenvalue weighted by molar-refractivity contribution is 5.68. The summed E-state index contributed by atoms with van der Waals surface area (Å²) in [4.78, 5) is 11.0.